The highest BCUT2D eigenvalue weighted by Crippen LogP contribution is 2.32. The molecule has 1 aromatic heterocycles. The van der Waals surface area contributed by atoms with Gasteiger partial charge in [-0.1, -0.05) is 17.4 Å². The zero-order valence-corrected chi connectivity index (χ0v) is 14.1. The van der Waals surface area contributed by atoms with Crippen LogP contribution in [0.3, 0.4) is 0 Å². The number of anilines is 1. The number of nitrogens with zero attached hydrogens (tertiary/aromatic N) is 2. The number of halogens is 2. The van der Waals surface area contributed by atoms with Gasteiger partial charge >= 0.3 is 6.03 Å². The van der Waals surface area contributed by atoms with E-state index in [0.717, 1.165) is 12.0 Å². The van der Waals surface area contributed by atoms with E-state index in [2.05, 4.69) is 20.8 Å². The van der Waals surface area contributed by atoms with Gasteiger partial charge in [-0.3, -0.25) is 5.32 Å². The van der Waals surface area contributed by atoms with Gasteiger partial charge in [0.2, 0.25) is 5.13 Å². The van der Waals surface area contributed by atoms with Crippen LogP contribution in [0.15, 0.2) is 18.2 Å². The van der Waals surface area contributed by atoms with Gasteiger partial charge < -0.3 is 14.8 Å². The van der Waals surface area contributed by atoms with Crippen molar-refractivity contribution in [2.24, 2.45) is 0 Å². The van der Waals surface area contributed by atoms with E-state index in [4.69, 9.17) is 9.47 Å². The second-order valence-electron chi connectivity index (χ2n) is 5.32. The SMILES string of the molecule is C[C@H](NC(=O)Nc1nnc(C(F)F)s1)c1ccc2c(c1)OCCCO2. The number of ether oxygens (including phenoxy) is 2. The third kappa shape index (κ3) is 4.32. The summed E-state index contributed by atoms with van der Waals surface area (Å²) >= 11 is 0.632. The monoisotopic (exact) mass is 370 g/mol. The molecule has 3 rings (SSSR count). The largest absolute Gasteiger partial charge is 0.490 e. The summed E-state index contributed by atoms with van der Waals surface area (Å²) in [6.07, 6.45) is -1.90. The first-order valence-corrected chi connectivity index (χ1v) is 8.43. The number of hydrogen-bond donors (Lipinski definition) is 2. The molecule has 0 saturated carbocycles. The van der Waals surface area contributed by atoms with Crippen LogP contribution in [0.1, 0.15) is 36.4 Å². The van der Waals surface area contributed by atoms with E-state index in [-0.39, 0.29) is 11.2 Å². The van der Waals surface area contributed by atoms with Gasteiger partial charge in [-0.2, -0.15) is 0 Å². The lowest BCUT2D eigenvalue weighted by molar-refractivity contribution is 0.150. The lowest BCUT2D eigenvalue weighted by Gasteiger charge is -2.16. The summed E-state index contributed by atoms with van der Waals surface area (Å²) < 4.78 is 36.1. The summed E-state index contributed by atoms with van der Waals surface area (Å²) in [5.74, 6) is 1.31. The first-order chi connectivity index (χ1) is 12.0. The molecule has 2 aromatic rings. The molecule has 134 valence electrons. The Kier molecular flexibility index (Phi) is 5.27. The van der Waals surface area contributed by atoms with E-state index in [1.165, 1.54) is 0 Å². The van der Waals surface area contributed by atoms with Crippen LogP contribution in [0.2, 0.25) is 0 Å². The van der Waals surface area contributed by atoms with E-state index in [1.807, 2.05) is 12.1 Å². The number of hydrogen-bond acceptors (Lipinski definition) is 6. The van der Waals surface area contributed by atoms with Gasteiger partial charge in [-0.05, 0) is 24.6 Å². The van der Waals surface area contributed by atoms with Gasteiger partial charge in [-0.25, -0.2) is 13.6 Å². The first kappa shape index (κ1) is 17.3. The average molecular weight is 370 g/mol. The van der Waals surface area contributed by atoms with E-state index < -0.39 is 17.5 Å². The van der Waals surface area contributed by atoms with Crippen LogP contribution < -0.4 is 20.1 Å². The third-order valence-corrected chi connectivity index (χ3v) is 4.31. The van der Waals surface area contributed by atoms with Crippen LogP contribution in [0, 0.1) is 0 Å². The number of benzene rings is 1. The number of fused-ring (bicyclic) bond motifs is 1. The van der Waals surface area contributed by atoms with Crippen molar-refractivity contribution >= 4 is 22.5 Å². The topological polar surface area (TPSA) is 85.4 Å². The number of carbonyl (C=O) groups excluding carboxylic acids is 1. The molecule has 0 spiro atoms. The number of amides is 2. The van der Waals surface area contributed by atoms with Crippen LogP contribution in [-0.4, -0.2) is 29.4 Å². The molecule has 1 atom stereocenters. The highest BCUT2D eigenvalue weighted by Gasteiger charge is 2.18. The Morgan fingerprint density at radius 2 is 2.00 bits per heavy atom. The average Bonchev–Trinajstić information content (AvgIpc) is 2.91. The molecule has 0 unspecified atom stereocenters. The smallest absolute Gasteiger partial charge is 0.321 e. The number of carbonyl (C=O) groups is 1. The molecule has 10 heteroatoms. The number of urea groups is 1. The van der Waals surface area contributed by atoms with Gasteiger partial charge in [0.25, 0.3) is 6.43 Å². The van der Waals surface area contributed by atoms with E-state index in [9.17, 15) is 13.6 Å². The predicted octanol–water partition coefficient (Wildman–Crippen LogP) is 3.52. The minimum Gasteiger partial charge on any atom is -0.490 e. The van der Waals surface area contributed by atoms with Crippen molar-refractivity contribution in [2.45, 2.75) is 25.8 Å². The molecule has 0 saturated heterocycles. The van der Waals surface area contributed by atoms with Gasteiger partial charge in [0.05, 0.1) is 19.3 Å². The highest BCUT2D eigenvalue weighted by molar-refractivity contribution is 7.15. The van der Waals surface area contributed by atoms with Crippen LogP contribution in [-0.2, 0) is 0 Å². The van der Waals surface area contributed by atoms with Crippen molar-refractivity contribution in [3.63, 3.8) is 0 Å². The van der Waals surface area contributed by atoms with E-state index >= 15 is 0 Å². The molecule has 1 aliphatic rings. The fourth-order valence-electron chi connectivity index (χ4n) is 2.24. The minimum absolute atomic E-state index is 0.0126. The Morgan fingerprint density at radius 3 is 2.72 bits per heavy atom. The third-order valence-electron chi connectivity index (χ3n) is 3.47. The van der Waals surface area contributed by atoms with Crippen LogP contribution in [0.4, 0.5) is 18.7 Å². The quantitative estimate of drug-likeness (QED) is 0.860. The summed E-state index contributed by atoms with van der Waals surface area (Å²) in [4.78, 5) is 12.0. The Labute approximate surface area is 146 Å². The Bertz CT molecular complexity index is 756. The van der Waals surface area contributed by atoms with E-state index in [1.54, 1.807) is 13.0 Å². The van der Waals surface area contributed by atoms with Crippen molar-refractivity contribution < 1.29 is 23.0 Å². The number of alkyl halides is 2. The van der Waals surface area contributed by atoms with Crippen LogP contribution in [0.25, 0.3) is 0 Å². The normalized spacial score (nSPS) is 14.7. The van der Waals surface area contributed by atoms with Crippen molar-refractivity contribution in [1.29, 1.82) is 0 Å². The zero-order chi connectivity index (χ0) is 17.8. The lowest BCUT2D eigenvalue weighted by Crippen LogP contribution is -2.31. The summed E-state index contributed by atoms with van der Waals surface area (Å²) in [7, 11) is 0. The predicted molar refractivity (Wildman–Crippen MR) is 87.5 cm³/mol. The Balaban J connectivity index is 1.62. The molecule has 25 heavy (non-hydrogen) atoms. The second-order valence-corrected chi connectivity index (χ2v) is 6.33. The molecule has 0 fully saturated rings. The summed E-state index contributed by atoms with van der Waals surface area (Å²) in [6.45, 7) is 2.97. The molecule has 2 amide bonds. The van der Waals surface area contributed by atoms with Gasteiger partial charge in [0, 0.05) is 6.42 Å². The maximum Gasteiger partial charge on any atom is 0.321 e. The lowest BCUT2D eigenvalue weighted by atomic mass is 10.1. The highest BCUT2D eigenvalue weighted by atomic mass is 32.1. The molecule has 7 nitrogen and oxygen atoms in total. The first-order valence-electron chi connectivity index (χ1n) is 7.61. The molecule has 1 aliphatic heterocycles. The van der Waals surface area contributed by atoms with E-state index in [0.29, 0.717) is 36.0 Å². The fraction of sp³-hybridized carbons (Fsp3) is 0.400. The number of nitrogens with one attached hydrogen (secondary N) is 2. The fourth-order valence-corrected chi connectivity index (χ4v) is 2.83. The summed E-state index contributed by atoms with van der Waals surface area (Å²) in [5.41, 5.74) is 0.824. The Hall–Kier alpha value is -2.49. The van der Waals surface area contributed by atoms with Gasteiger partial charge in [0.1, 0.15) is 0 Å². The summed E-state index contributed by atoms with van der Waals surface area (Å²) in [5, 5.41) is 11.5. The van der Waals surface area contributed by atoms with Crippen molar-refractivity contribution in [3.05, 3.63) is 28.8 Å². The van der Waals surface area contributed by atoms with Gasteiger partial charge in [-0.15, -0.1) is 10.2 Å². The molecule has 2 N–H and O–H groups in total. The van der Waals surface area contributed by atoms with Crippen molar-refractivity contribution in [3.8, 4) is 11.5 Å². The molecule has 0 bridgehead atoms. The van der Waals surface area contributed by atoms with Crippen molar-refractivity contribution in [2.75, 3.05) is 18.5 Å². The molecule has 2 heterocycles. The molecule has 1 aromatic carbocycles. The molecule has 0 radical (unpaired) electrons. The number of aromatic nitrogens is 2. The minimum atomic E-state index is -2.71. The maximum absolute atomic E-state index is 12.5. The molecule has 0 aliphatic carbocycles. The second kappa shape index (κ2) is 7.60. The maximum atomic E-state index is 12.5. The van der Waals surface area contributed by atoms with Crippen molar-refractivity contribution in [1.82, 2.24) is 15.5 Å². The Morgan fingerprint density at radius 1 is 1.24 bits per heavy atom. The zero-order valence-electron chi connectivity index (χ0n) is 13.3. The van der Waals surface area contributed by atoms with Crippen LogP contribution in [0.5, 0.6) is 11.5 Å². The number of rotatable bonds is 4. The molecular formula is C15H16F2N4O3S. The summed E-state index contributed by atoms with van der Waals surface area (Å²) in [6, 6.07) is 4.55. The molecular weight excluding hydrogens is 354 g/mol. The van der Waals surface area contributed by atoms with Gasteiger partial charge in [0.15, 0.2) is 16.5 Å². The van der Waals surface area contributed by atoms with Crippen LogP contribution >= 0.6 is 11.3 Å². The standard InChI is InChI=1S/C15H16F2N4O3S/c1-8(9-3-4-10-11(7-9)24-6-2-5-23-10)18-14(22)19-15-21-20-13(25-15)12(16)17/h3-4,7-8,12H,2,5-6H2,1H3,(H2,18,19,21,22)/t8-/m0/s1.